The van der Waals surface area contributed by atoms with Crippen molar-refractivity contribution < 1.29 is 29.5 Å². The van der Waals surface area contributed by atoms with Crippen molar-refractivity contribution in [2.75, 3.05) is 6.61 Å². The fourth-order valence-electron chi connectivity index (χ4n) is 2.32. The predicted octanol–water partition coefficient (Wildman–Crippen LogP) is 0.605. The molecule has 0 fully saturated rings. The summed E-state index contributed by atoms with van der Waals surface area (Å²) in [6.45, 7) is 2.14. The van der Waals surface area contributed by atoms with Crippen molar-refractivity contribution in [2.24, 2.45) is 5.16 Å². The van der Waals surface area contributed by atoms with Crippen LogP contribution in [0.3, 0.4) is 0 Å². The van der Waals surface area contributed by atoms with Gasteiger partial charge in [-0.3, -0.25) is 10.1 Å². The first-order chi connectivity index (χ1) is 12.0. The van der Waals surface area contributed by atoms with Crippen molar-refractivity contribution in [1.82, 2.24) is 5.32 Å². The zero-order valence-electron chi connectivity index (χ0n) is 13.7. The molecular weight excluding hydrogens is 347 g/mol. The molecule has 0 saturated heterocycles. The molecule has 25 heavy (non-hydrogen) atoms. The summed E-state index contributed by atoms with van der Waals surface area (Å²) in [5.74, 6) is -1.64. The molecule has 0 bridgehead atoms. The standard InChI is InChI=1S/C15H21BN2O6S/c1-2-23-18-14(11-6-4-8-25-11)15(21)17-12-7-3-5-10(9-13(19)20)24-16(12)22/h3-6,8,10,12,15,17,21-22H,2,7,9H2,1H3,(H,19,20)/b18-14+/t10-,12+,15?/m1/s1. The van der Waals surface area contributed by atoms with Gasteiger partial charge in [0.2, 0.25) is 0 Å². The average molecular weight is 368 g/mol. The van der Waals surface area contributed by atoms with E-state index in [0.29, 0.717) is 18.7 Å². The number of carboxylic acid groups (broad SMARTS) is 1. The third-order valence-corrected chi connectivity index (χ3v) is 4.36. The largest absolute Gasteiger partial charge is 0.481 e. The summed E-state index contributed by atoms with van der Waals surface area (Å²) in [6.07, 6.45) is 1.54. The van der Waals surface area contributed by atoms with E-state index < -0.39 is 31.4 Å². The SMILES string of the molecule is CCO/N=C(\c1cccs1)C(O)N[C@H]1CC=C[C@H](CC(=O)O)OB1O. The first-order valence-electron chi connectivity index (χ1n) is 7.91. The number of aliphatic hydroxyl groups is 1. The molecule has 4 N–H and O–H groups in total. The molecule has 0 spiro atoms. The van der Waals surface area contributed by atoms with Gasteiger partial charge >= 0.3 is 13.1 Å². The number of hydrogen-bond acceptors (Lipinski definition) is 8. The van der Waals surface area contributed by atoms with Crippen LogP contribution in [0.5, 0.6) is 0 Å². The van der Waals surface area contributed by atoms with Gasteiger partial charge in [-0.05, 0) is 24.8 Å². The van der Waals surface area contributed by atoms with Gasteiger partial charge in [0.25, 0.3) is 0 Å². The van der Waals surface area contributed by atoms with Gasteiger partial charge in [0, 0.05) is 5.94 Å². The van der Waals surface area contributed by atoms with Gasteiger partial charge in [0.05, 0.1) is 17.4 Å². The van der Waals surface area contributed by atoms with Crippen LogP contribution in [0, 0.1) is 0 Å². The Morgan fingerprint density at radius 2 is 2.44 bits per heavy atom. The van der Waals surface area contributed by atoms with Crippen LogP contribution in [0.25, 0.3) is 0 Å². The van der Waals surface area contributed by atoms with Gasteiger partial charge in [-0.25, -0.2) is 0 Å². The zero-order valence-corrected chi connectivity index (χ0v) is 14.6. The monoisotopic (exact) mass is 368 g/mol. The summed E-state index contributed by atoms with van der Waals surface area (Å²) in [5, 5.41) is 38.1. The van der Waals surface area contributed by atoms with Gasteiger partial charge in [0.1, 0.15) is 12.3 Å². The van der Waals surface area contributed by atoms with Crippen LogP contribution in [0.1, 0.15) is 24.6 Å². The Hall–Kier alpha value is -1.72. The van der Waals surface area contributed by atoms with Crippen LogP contribution in [-0.2, 0) is 14.3 Å². The minimum atomic E-state index is -1.27. The van der Waals surface area contributed by atoms with Crippen LogP contribution < -0.4 is 5.32 Å². The van der Waals surface area contributed by atoms with Crippen molar-refractivity contribution in [3.8, 4) is 0 Å². The van der Waals surface area contributed by atoms with Crippen molar-refractivity contribution in [2.45, 2.75) is 38.0 Å². The second-order valence-corrected chi connectivity index (χ2v) is 6.32. The van der Waals surface area contributed by atoms with E-state index in [0.717, 1.165) is 4.88 Å². The molecule has 3 atom stereocenters. The number of rotatable bonds is 8. The van der Waals surface area contributed by atoms with Gasteiger partial charge in [-0.1, -0.05) is 23.4 Å². The maximum atomic E-state index is 10.8. The number of hydrogen-bond donors (Lipinski definition) is 4. The number of aliphatic hydroxyl groups excluding tert-OH is 1. The van der Waals surface area contributed by atoms with Gasteiger partial charge < -0.3 is 24.7 Å². The molecule has 2 rings (SSSR count). The molecule has 0 aliphatic carbocycles. The molecule has 0 amide bonds. The smallest absolute Gasteiger partial charge is 0.473 e. The summed E-state index contributed by atoms with van der Waals surface area (Å²) in [5.41, 5.74) is 0.305. The Morgan fingerprint density at radius 1 is 1.64 bits per heavy atom. The topological polar surface area (TPSA) is 121 Å². The highest BCUT2D eigenvalue weighted by Gasteiger charge is 2.33. The molecule has 0 radical (unpaired) electrons. The van der Waals surface area contributed by atoms with Crippen molar-refractivity contribution >= 4 is 30.1 Å². The minimum Gasteiger partial charge on any atom is -0.481 e. The summed E-state index contributed by atoms with van der Waals surface area (Å²) >= 11 is 1.40. The van der Waals surface area contributed by atoms with Crippen LogP contribution in [0.2, 0.25) is 0 Å². The van der Waals surface area contributed by atoms with E-state index >= 15 is 0 Å². The van der Waals surface area contributed by atoms with Gasteiger partial charge in [0.15, 0.2) is 6.23 Å². The highest BCUT2D eigenvalue weighted by atomic mass is 32.1. The normalized spacial score (nSPS) is 22.5. The number of carbonyl (C=O) groups is 1. The number of carboxylic acids is 1. The number of nitrogens with one attached hydrogen (secondary N) is 1. The Kier molecular flexibility index (Phi) is 7.60. The fraction of sp³-hybridized carbons (Fsp3) is 0.467. The Labute approximate surface area is 149 Å². The molecule has 2 heterocycles. The molecule has 8 nitrogen and oxygen atoms in total. The van der Waals surface area contributed by atoms with Crippen LogP contribution in [0.4, 0.5) is 0 Å². The predicted molar refractivity (Wildman–Crippen MR) is 94.3 cm³/mol. The minimum absolute atomic E-state index is 0.241. The highest BCUT2D eigenvalue weighted by Crippen LogP contribution is 2.16. The fourth-order valence-corrected chi connectivity index (χ4v) is 3.05. The van der Waals surface area contributed by atoms with Crippen LogP contribution in [0.15, 0.2) is 34.8 Å². The van der Waals surface area contributed by atoms with Crippen molar-refractivity contribution in [3.63, 3.8) is 0 Å². The number of aliphatic carboxylic acids is 1. The maximum Gasteiger partial charge on any atom is 0.473 e. The Morgan fingerprint density at radius 3 is 3.08 bits per heavy atom. The Balaban J connectivity index is 2.04. The summed E-state index contributed by atoms with van der Waals surface area (Å²) in [4.78, 5) is 16.6. The molecule has 1 aliphatic heterocycles. The van der Waals surface area contributed by atoms with E-state index in [1.54, 1.807) is 25.1 Å². The molecule has 0 aromatic carbocycles. The van der Waals surface area contributed by atoms with Crippen molar-refractivity contribution in [1.29, 1.82) is 0 Å². The lowest BCUT2D eigenvalue weighted by Crippen LogP contribution is -2.52. The van der Waals surface area contributed by atoms with E-state index in [4.69, 9.17) is 14.6 Å². The van der Waals surface area contributed by atoms with E-state index in [2.05, 4.69) is 10.5 Å². The van der Waals surface area contributed by atoms with Crippen LogP contribution in [-0.4, -0.2) is 58.9 Å². The summed E-state index contributed by atoms with van der Waals surface area (Å²) < 4.78 is 5.33. The number of thiophene rings is 1. The van der Waals surface area contributed by atoms with E-state index in [-0.39, 0.29) is 6.42 Å². The van der Waals surface area contributed by atoms with E-state index in [1.807, 2.05) is 11.4 Å². The molecule has 0 saturated carbocycles. The second kappa shape index (κ2) is 9.69. The first-order valence-corrected chi connectivity index (χ1v) is 8.79. The quantitative estimate of drug-likeness (QED) is 0.174. The van der Waals surface area contributed by atoms with Gasteiger partial charge in [-0.2, -0.15) is 0 Å². The number of nitrogens with zero attached hydrogens (tertiary/aromatic N) is 1. The zero-order chi connectivity index (χ0) is 18.2. The Bertz CT molecular complexity index is 609. The summed E-state index contributed by atoms with van der Waals surface area (Å²) in [6, 6.07) is 3.63. The average Bonchev–Trinajstić information content (AvgIpc) is 3.02. The molecular formula is C15H21BN2O6S. The third-order valence-electron chi connectivity index (χ3n) is 3.47. The molecule has 1 aromatic heterocycles. The van der Waals surface area contributed by atoms with E-state index in [1.165, 1.54) is 11.3 Å². The number of oxime groups is 1. The van der Waals surface area contributed by atoms with Crippen LogP contribution >= 0.6 is 11.3 Å². The second-order valence-electron chi connectivity index (χ2n) is 5.37. The molecule has 10 heteroatoms. The lowest BCUT2D eigenvalue weighted by atomic mass is 9.77. The third kappa shape index (κ3) is 5.94. The van der Waals surface area contributed by atoms with Crippen molar-refractivity contribution in [3.05, 3.63) is 34.5 Å². The lowest BCUT2D eigenvalue weighted by molar-refractivity contribution is -0.138. The van der Waals surface area contributed by atoms with Gasteiger partial charge in [-0.15, -0.1) is 11.3 Å². The molecule has 1 aliphatic rings. The molecule has 136 valence electrons. The van der Waals surface area contributed by atoms with E-state index in [9.17, 15) is 14.9 Å². The molecule has 1 aromatic rings. The lowest BCUT2D eigenvalue weighted by Gasteiger charge is -2.23. The molecule has 1 unspecified atom stereocenters. The highest BCUT2D eigenvalue weighted by molar-refractivity contribution is 7.12. The summed E-state index contributed by atoms with van der Waals surface area (Å²) in [7, 11) is -1.27. The first kappa shape index (κ1) is 19.6. The maximum absolute atomic E-state index is 10.8.